The number of hydrogen-bond donors (Lipinski definition) is 2. The Kier molecular flexibility index (Phi) is 9.54. The maximum Gasteiger partial charge on any atom is 0.191 e. The van der Waals surface area contributed by atoms with Gasteiger partial charge in [-0.15, -0.1) is 24.0 Å². The predicted molar refractivity (Wildman–Crippen MR) is 134 cm³/mol. The van der Waals surface area contributed by atoms with Gasteiger partial charge in [-0.2, -0.15) is 0 Å². The van der Waals surface area contributed by atoms with E-state index in [0.717, 1.165) is 59.5 Å². The average Bonchev–Trinajstić information content (AvgIpc) is 3.13. The van der Waals surface area contributed by atoms with Crippen LogP contribution in [0.2, 0.25) is 0 Å². The molecule has 8 heteroatoms. The normalized spacial score (nSPS) is 14.7. The van der Waals surface area contributed by atoms with Gasteiger partial charge in [0, 0.05) is 37.7 Å². The smallest absolute Gasteiger partial charge is 0.191 e. The molecule has 1 heterocycles. The molecule has 1 unspecified atom stereocenters. The first kappa shape index (κ1) is 24.9. The van der Waals surface area contributed by atoms with Gasteiger partial charge in [0.15, 0.2) is 17.5 Å². The molecule has 1 atom stereocenters. The Balaban J connectivity index is 0.00000341. The molecular weight excluding hydrogens is 509 g/mol. The van der Waals surface area contributed by atoms with Crippen molar-refractivity contribution in [2.24, 2.45) is 4.99 Å². The summed E-state index contributed by atoms with van der Waals surface area (Å²) in [4.78, 5) is 4.31. The van der Waals surface area contributed by atoms with E-state index < -0.39 is 0 Å². The van der Waals surface area contributed by atoms with Crippen LogP contribution in [0.25, 0.3) is 0 Å². The fourth-order valence-electron chi connectivity index (χ4n) is 3.57. The lowest BCUT2D eigenvalue weighted by Crippen LogP contribution is -2.37. The van der Waals surface area contributed by atoms with Crippen molar-refractivity contribution in [2.45, 2.75) is 32.4 Å². The molecule has 7 nitrogen and oxygen atoms in total. The molecule has 0 saturated heterocycles. The molecule has 3 rings (SSSR count). The van der Waals surface area contributed by atoms with Gasteiger partial charge in [-0.05, 0) is 43.2 Å². The van der Waals surface area contributed by atoms with Crippen LogP contribution >= 0.6 is 24.0 Å². The monoisotopic (exact) mass is 541 g/mol. The van der Waals surface area contributed by atoms with Crippen LogP contribution in [-0.2, 0) is 19.4 Å². The van der Waals surface area contributed by atoms with Gasteiger partial charge in [-0.25, -0.2) is 0 Å². The summed E-state index contributed by atoms with van der Waals surface area (Å²) >= 11 is 0. The maximum absolute atomic E-state index is 5.88. The molecule has 1 aliphatic rings. The van der Waals surface area contributed by atoms with Crippen LogP contribution in [-0.4, -0.2) is 47.0 Å². The van der Waals surface area contributed by atoms with Crippen molar-refractivity contribution >= 4 is 29.9 Å². The molecule has 2 aromatic rings. The zero-order chi connectivity index (χ0) is 21.5. The molecule has 1 aliphatic heterocycles. The van der Waals surface area contributed by atoms with Gasteiger partial charge >= 0.3 is 0 Å². The summed E-state index contributed by atoms with van der Waals surface area (Å²) < 4.78 is 22.1. The molecular formula is C23H32IN3O4. The second-order valence-electron chi connectivity index (χ2n) is 7.20. The SMILES string of the molecule is CN=C(NCCc1ccc(OC)c(OC)c1)NCc1cc2c(cc1OC)CC(C)O2.I. The van der Waals surface area contributed by atoms with Crippen LogP contribution in [0.3, 0.4) is 0 Å². The molecule has 0 aromatic heterocycles. The number of fused-ring (bicyclic) bond motifs is 1. The van der Waals surface area contributed by atoms with Crippen LogP contribution in [0.5, 0.6) is 23.0 Å². The Morgan fingerprint density at radius 3 is 2.45 bits per heavy atom. The highest BCUT2D eigenvalue weighted by atomic mass is 127. The van der Waals surface area contributed by atoms with Crippen molar-refractivity contribution in [1.29, 1.82) is 0 Å². The third-order valence-electron chi connectivity index (χ3n) is 5.12. The zero-order valence-corrected chi connectivity index (χ0v) is 21.1. The van der Waals surface area contributed by atoms with Crippen molar-refractivity contribution in [3.8, 4) is 23.0 Å². The van der Waals surface area contributed by atoms with Gasteiger partial charge < -0.3 is 29.6 Å². The van der Waals surface area contributed by atoms with E-state index in [2.05, 4.69) is 34.7 Å². The minimum Gasteiger partial charge on any atom is -0.496 e. The standard InChI is InChI=1S/C23H31N3O4.HI/c1-15-10-17-12-20(28-4)18(13-21(17)30-15)14-26-23(24-2)25-9-8-16-6-7-19(27-3)22(11-16)29-5;/h6-7,11-13,15H,8-10,14H2,1-5H3,(H2,24,25,26);1H. The number of halogens is 1. The first-order valence-corrected chi connectivity index (χ1v) is 10.1. The van der Waals surface area contributed by atoms with E-state index in [1.54, 1.807) is 28.4 Å². The Labute approximate surface area is 201 Å². The molecule has 0 aliphatic carbocycles. The molecule has 0 spiro atoms. The van der Waals surface area contributed by atoms with Crippen LogP contribution in [0.1, 0.15) is 23.6 Å². The van der Waals surface area contributed by atoms with Crippen LogP contribution in [0, 0.1) is 0 Å². The van der Waals surface area contributed by atoms with Crippen molar-refractivity contribution in [3.63, 3.8) is 0 Å². The highest BCUT2D eigenvalue weighted by Crippen LogP contribution is 2.35. The van der Waals surface area contributed by atoms with Crippen molar-refractivity contribution in [1.82, 2.24) is 10.6 Å². The summed E-state index contributed by atoms with van der Waals surface area (Å²) in [6.45, 7) is 3.40. The fraction of sp³-hybridized carbons (Fsp3) is 0.435. The number of methoxy groups -OCH3 is 3. The van der Waals surface area contributed by atoms with E-state index in [0.29, 0.717) is 6.54 Å². The van der Waals surface area contributed by atoms with E-state index in [9.17, 15) is 0 Å². The Hall–Kier alpha value is -2.36. The zero-order valence-electron chi connectivity index (χ0n) is 18.8. The first-order valence-electron chi connectivity index (χ1n) is 10.1. The lowest BCUT2D eigenvalue weighted by molar-refractivity contribution is 0.254. The summed E-state index contributed by atoms with van der Waals surface area (Å²) in [7, 11) is 6.74. The van der Waals surface area contributed by atoms with Gasteiger partial charge in [0.25, 0.3) is 0 Å². The molecule has 0 saturated carbocycles. The Bertz CT molecular complexity index is 905. The summed E-state index contributed by atoms with van der Waals surface area (Å²) in [5.41, 5.74) is 3.39. The Morgan fingerprint density at radius 2 is 1.77 bits per heavy atom. The number of guanidine groups is 1. The number of ether oxygens (including phenoxy) is 4. The second-order valence-corrected chi connectivity index (χ2v) is 7.20. The summed E-state index contributed by atoms with van der Waals surface area (Å²) in [6.07, 6.45) is 1.95. The van der Waals surface area contributed by atoms with Crippen LogP contribution < -0.4 is 29.6 Å². The van der Waals surface area contributed by atoms with Gasteiger partial charge in [0.2, 0.25) is 0 Å². The van der Waals surface area contributed by atoms with E-state index in [1.165, 1.54) is 5.56 Å². The first-order chi connectivity index (χ1) is 14.6. The molecule has 170 valence electrons. The molecule has 0 bridgehead atoms. The van der Waals surface area contributed by atoms with E-state index in [4.69, 9.17) is 18.9 Å². The molecule has 31 heavy (non-hydrogen) atoms. The number of benzene rings is 2. The predicted octanol–water partition coefficient (Wildman–Crippen LogP) is 3.56. The minimum atomic E-state index is 0. The minimum absolute atomic E-state index is 0. The van der Waals surface area contributed by atoms with Gasteiger partial charge in [-0.1, -0.05) is 6.07 Å². The van der Waals surface area contributed by atoms with E-state index in [1.807, 2.05) is 18.2 Å². The molecule has 0 amide bonds. The van der Waals surface area contributed by atoms with Gasteiger partial charge in [0.05, 0.1) is 21.3 Å². The second kappa shape index (κ2) is 11.9. The summed E-state index contributed by atoms with van der Waals surface area (Å²) in [5, 5.41) is 6.69. The number of hydrogen-bond acceptors (Lipinski definition) is 5. The number of rotatable bonds is 8. The lowest BCUT2D eigenvalue weighted by Gasteiger charge is -2.15. The quantitative estimate of drug-likeness (QED) is 0.303. The highest BCUT2D eigenvalue weighted by Gasteiger charge is 2.21. The number of aliphatic imine (C=N–C) groups is 1. The third kappa shape index (κ3) is 6.32. The fourth-order valence-corrected chi connectivity index (χ4v) is 3.57. The number of nitrogens with zero attached hydrogens (tertiary/aromatic N) is 1. The molecule has 0 fully saturated rings. The highest BCUT2D eigenvalue weighted by molar-refractivity contribution is 14.0. The molecule has 2 aromatic carbocycles. The van der Waals surface area contributed by atoms with Crippen molar-refractivity contribution < 1.29 is 18.9 Å². The van der Waals surface area contributed by atoms with E-state index in [-0.39, 0.29) is 30.1 Å². The largest absolute Gasteiger partial charge is 0.496 e. The third-order valence-corrected chi connectivity index (χ3v) is 5.12. The lowest BCUT2D eigenvalue weighted by atomic mass is 10.1. The van der Waals surface area contributed by atoms with Gasteiger partial charge in [-0.3, -0.25) is 4.99 Å². The average molecular weight is 541 g/mol. The molecule has 0 radical (unpaired) electrons. The maximum atomic E-state index is 5.88. The number of nitrogens with one attached hydrogen (secondary N) is 2. The van der Waals surface area contributed by atoms with Crippen molar-refractivity contribution in [3.05, 3.63) is 47.0 Å². The van der Waals surface area contributed by atoms with Crippen LogP contribution in [0.15, 0.2) is 35.3 Å². The van der Waals surface area contributed by atoms with Crippen LogP contribution in [0.4, 0.5) is 0 Å². The topological polar surface area (TPSA) is 73.3 Å². The molecule has 2 N–H and O–H groups in total. The summed E-state index contributed by atoms with van der Waals surface area (Å²) in [5.74, 6) is 4.00. The van der Waals surface area contributed by atoms with E-state index >= 15 is 0 Å². The Morgan fingerprint density at radius 1 is 1.03 bits per heavy atom. The summed E-state index contributed by atoms with van der Waals surface area (Å²) in [6, 6.07) is 10.1. The van der Waals surface area contributed by atoms with Gasteiger partial charge in [0.1, 0.15) is 17.6 Å². The van der Waals surface area contributed by atoms with Crippen molar-refractivity contribution in [2.75, 3.05) is 34.9 Å².